The van der Waals surface area contributed by atoms with Crippen LogP contribution in [0.4, 0.5) is 0 Å². The van der Waals surface area contributed by atoms with Crippen molar-refractivity contribution < 1.29 is 0 Å². The first-order valence-electron chi connectivity index (χ1n) is 5.99. The van der Waals surface area contributed by atoms with Crippen LogP contribution in [0.5, 0.6) is 0 Å². The van der Waals surface area contributed by atoms with Crippen molar-refractivity contribution in [3.63, 3.8) is 0 Å². The van der Waals surface area contributed by atoms with Gasteiger partial charge in [0.25, 0.3) is 0 Å². The molecule has 0 N–H and O–H groups in total. The number of nitrogens with zero attached hydrogens (tertiary/aromatic N) is 1. The van der Waals surface area contributed by atoms with E-state index in [-0.39, 0.29) is 4.87 Å². The van der Waals surface area contributed by atoms with E-state index in [1.165, 1.54) is 5.75 Å². The fourth-order valence-corrected chi connectivity index (χ4v) is 4.03. The van der Waals surface area contributed by atoms with Crippen molar-refractivity contribution in [2.75, 3.05) is 18.1 Å². The molecule has 0 bridgehead atoms. The van der Waals surface area contributed by atoms with Gasteiger partial charge in [-0.05, 0) is 32.7 Å². The zero-order valence-electron chi connectivity index (χ0n) is 11.0. The topological polar surface area (TPSA) is 3.24 Å². The van der Waals surface area contributed by atoms with Crippen LogP contribution in [0.2, 0.25) is 0 Å². The second-order valence-electron chi connectivity index (χ2n) is 5.38. The maximum absolute atomic E-state index is 3.59. The quantitative estimate of drug-likeness (QED) is 0.570. The molecule has 1 saturated heterocycles. The van der Waals surface area contributed by atoms with E-state index in [2.05, 4.69) is 67.7 Å². The van der Waals surface area contributed by atoms with Gasteiger partial charge in [0.2, 0.25) is 0 Å². The highest BCUT2D eigenvalue weighted by Gasteiger charge is 2.35. The number of hydrogen-bond donors (Lipinski definition) is 0. The molecule has 1 heterocycles. The zero-order valence-corrected chi connectivity index (χ0v) is 13.4. The highest BCUT2D eigenvalue weighted by Crippen LogP contribution is 2.37. The van der Waals surface area contributed by atoms with Gasteiger partial charge in [-0.1, -0.05) is 41.9 Å². The van der Waals surface area contributed by atoms with Crippen LogP contribution in [-0.2, 0) is 0 Å². The molecule has 1 aliphatic heterocycles. The monoisotopic (exact) mass is 305 g/mol. The maximum Gasteiger partial charge on any atom is 0.0616 e. The SMILES string of the molecule is CC(C)[C@H](/C=C/C1CSC(C)(C)N1C)CBr. The number of hydrogen-bond acceptors (Lipinski definition) is 2. The average Bonchev–Trinajstić information content (AvgIpc) is 2.45. The van der Waals surface area contributed by atoms with E-state index in [9.17, 15) is 0 Å². The Kier molecular flexibility index (Phi) is 5.40. The van der Waals surface area contributed by atoms with Crippen LogP contribution >= 0.6 is 27.7 Å². The molecule has 0 aromatic rings. The minimum Gasteiger partial charge on any atom is -0.285 e. The van der Waals surface area contributed by atoms with E-state index in [1.54, 1.807) is 0 Å². The summed E-state index contributed by atoms with van der Waals surface area (Å²) in [6.45, 7) is 9.17. The van der Waals surface area contributed by atoms with Gasteiger partial charge in [-0.15, -0.1) is 11.8 Å². The lowest BCUT2D eigenvalue weighted by molar-refractivity contribution is 0.235. The van der Waals surface area contributed by atoms with Gasteiger partial charge < -0.3 is 0 Å². The third-order valence-electron chi connectivity index (χ3n) is 3.57. The lowest BCUT2D eigenvalue weighted by Crippen LogP contribution is -2.37. The molecule has 0 saturated carbocycles. The minimum absolute atomic E-state index is 0.288. The van der Waals surface area contributed by atoms with Gasteiger partial charge in [0.1, 0.15) is 0 Å². The molecule has 94 valence electrons. The Morgan fingerprint density at radius 2 is 2.12 bits per heavy atom. The Morgan fingerprint density at radius 1 is 1.50 bits per heavy atom. The Labute approximate surface area is 113 Å². The first kappa shape index (κ1) is 14.6. The summed E-state index contributed by atoms with van der Waals surface area (Å²) in [7, 11) is 2.23. The van der Waals surface area contributed by atoms with Crippen molar-refractivity contribution in [1.82, 2.24) is 4.90 Å². The lowest BCUT2D eigenvalue weighted by Gasteiger charge is -2.29. The Morgan fingerprint density at radius 3 is 2.50 bits per heavy atom. The highest BCUT2D eigenvalue weighted by molar-refractivity contribution is 9.09. The van der Waals surface area contributed by atoms with Gasteiger partial charge in [0, 0.05) is 17.1 Å². The molecule has 1 rings (SSSR count). The molecular weight excluding hydrogens is 282 g/mol. The van der Waals surface area contributed by atoms with Crippen LogP contribution in [0.3, 0.4) is 0 Å². The zero-order chi connectivity index (χ0) is 12.3. The second-order valence-corrected chi connectivity index (χ2v) is 7.65. The molecule has 0 amide bonds. The van der Waals surface area contributed by atoms with E-state index >= 15 is 0 Å². The molecule has 0 spiro atoms. The molecule has 1 aliphatic rings. The molecule has 16 heavy (non-hydrogen) atoms. The summed E-state index contributed by atoms with van der Waals surface area (Å²) in [5.41, 5.74) is 0. The van der Waals surface area contributed by atoms with Gasteiger partial charge in [-0.25, -0.2) is 0 Å². The van der Waals surface area contributed by atoms with E-state index in [0.29, 0.717) is 17.9 Å². The van der Waals surface area contributed by atoms with E-state index in [4.69, 9.17) is 0 Å². The summed E-state index contributed by atoms with van der Waals surface area (Å²) in [5, 5.41) is 1.06. The summed E-state index contributed by atoms with van der Waals surface area (Å²) in [6.07, 6.45) is 4.79. The normalized spacial score (nSPS) is 28.1. The number of thioether (sulfide) groups is 1. The van der Waals surface area contributed by atoms with Crippen LogP contribution in [0.1, 0.15) is 27.7 Å². The van der Waals surface area contributed by atoms with Crippen molar-refractivity contribution in [2.45, 2.75) is 38.6 Å². The van der Waals surface area contributed by atoms with Crippen molar-refractivity contribution in [3.8, 4) is 0 Å². The van der Waals surface area contributed by atoms with E-state index in [1.807, 2.05) is 11.8 Å². The van der Waals surface area contributed by atoms with Gasteiger partial charge in [-0.3, -0.25) is 4.90 Å². The molecule has 1 unspecified atom stereocenters. The molecule has 2 atom stereocenters. The van der Waals surface area contributed by atoms with Crippen molar-refractivity contribution in [2.24, 2.45) is 11.8 Å². The van der Waals surface area contributed by atoms with E-state index < -0.39 is 0 Å². The molecule has 0 radical (unpaired) electrons. The first-order valence-corrected chi connectivity index (χ1v) is 8.10. The molecule has 1 nitrogen and oxygen atoms in total. The molecule has 1 fully saturated rings. The van der Waals surface area contributed by atoms with Crippen molar-refractivity contribution in [3.05, 3.63) is 12.2 Å². The summed E-state index contributed by atoms with van der Waals surface area (Å²) < 4.78 is 0. The number of alkyl halides is 1. The van der Waals surface area contributed by atoms with Gasteiger partial charge in [-0.2, -0.15) is 0 Å². The lowest BCUT2D eigenvalue weighted by atomic mass is 9.97. The van der Waals surface area contributed by atoms with Crippen molar-refractivity contribution in [1.29, 1.82) is 0 Å². The average molecular weight is 306 g/mol. The summed E-state index contributed by atoms with van der Waals surface area (Å²) >= 11 is 5.64. The molecular formula is C13H24BrNS. The van der Waals surface area contributed by atoms with Crippen LogP contribution < -0.4 is 0 Å². The standard InChI is InChI=1S/C13H24BrNS/c1-10(2)11(8-14)6-7-12-9-16-13(3,4)15(12)5/h6-7,10-12H,8-9H2,1-5H3/b7-6+/t11-,12?/m1/s1. The third-order valence-corrected chi connectivity index (χ3v) is 5.82. The predicted octanol–water partition coefficient (Wildman–Crippen LogP) is 3.99. The summed E-state index contributed by atoms with van der Waals surface area (Å²) in [6, 6.07) is 0.597. The highest BCUT2D eigenvalue weighted by atomic mass is 79.9. The smallest absolute Gasteiger partial charge is 0.0616 e. The Balaban J connectivity index is 2.58. The molecule has 0 aliphatic carbocycles. The number of halogens is 1. The fourth-order valence-electron chi connectivity index (χ4n) is 1.81. The first-order chi connectivity index (χ1) is 7.38. The van der Waals surface area contributed by atoms with Crippen LogP contribution in [0, 0.1) is 11.8 Å². The largest absolute Gasteiger partial charge is 0.285 e. The number of allylic oxidation sites excluding steroid dienone is 1. The Bertz CT molecular complexity index is 250. The van der Waals surface area contributed by atoms with Crippen LogP contribution in [-0.4, -0.2) is 33.9 Å². The van der Waals surface area contributed by atoms with Gasteiger partial charge >= 0.3 is 0 Å². The van der Waals surface area contributed by atoms with Crippen molar-refractivity contribution >= 4 is 27.7 Å². The molecule has 0 aromatic carbocycles. The van der Waals surface area contributed by atoms with Gasteiger partial charge in [0.05, 0.1) is 4.87 Å². The minimum atomic E-state index is 0.288. The third kappa shape index (κ3) is 3.51. The second kappa shape index (κ2) is 5.92. The number of rotatable bonds is 4. The Hall–Kier alpha value is 0.530. The number of likely N-dealkylation sites (N-methyl/N-ethyl adjacent to an activating group) is 1. The van der Waals surface area contributed by atoms with E-state index in [0.717, 1.165) is 5.33 Å². The van der Waals surface area contributed by atoms with Crippen LogP contribution in [0.25, 0.3) is 0 Å². The van der Waals surface area contributed by atoms with Crippen LogP contribution in [0.15, 0.2) is 12.2 Å². The van der Waals surface area contributed by atoms with Gasteiger partial charge in [0.15, 0.2) is 0 Å². The fraction of sp³-hybridized carbons (Fsp3) is 0.846. The molecule has 3 heteroatoms. The summed E-state index contributed by atoms with van der Waals surface area (Å²) in [4.78, 5) is 2.76. The summed E-state index contributed by atoms with van der Waals surface area (Å²) in [5.74, 6) is 2.58. The predicted molar refractivity (Wildman–Crippen MR) is 79.4 cm³/mol. The maximum atomic E-state index is 3.59. The molecule has 0 aromatic heterocycles.